The van der Waals surface area contributed by atoms with E-state index in [0.29, 0.717) is 11.4 Å². The van der Waals surface area contributed by atoms with Crippen molar-refractivity contribution in [2.75, 3.05) is 12.3 Å². The van der Waals surface area contributed by atoms with Crippen molar-refractivity contribution in [3.05, 3.63) is 24.3 Å². The Morgan fingerprint density at radius 1 is 1.44 bits per heavy atom. The zero-order valence-electron chi connectivity index (χ0n) is 9.82. The summed E-state index contributed by atoms with van der Waals surface area (Å²) in [7, 11) is 0. The van der Waals surface area contributed by atoms with Crippen molar-refractivity contribution >= 4 is 11.7 Å². The highest BCUT2D eigenvalue weighted by atomic mass is 16.6. The minimum atomic E-state index is -0.642. The Labute approximate surface area is 95.3 Å². The van der Waals surface area contributed by atoms with Crippen LogP contribution < -0.4 is 10.5 Å². The van der Waals surface area contributed by atoms with Crippen LogP contribution in [0.2, 0.25) is 0 Å². The monoisotopic (exact) mass is 223 g/mol. The van der Waals surface area contributed by atoms with Crippen LogP contribution in [0.3, 0.4) is 0 Å². The summed E-state index contributed by atoms with van der Waals surface area (Å²) in [6.07, 6.45) is 0. The zero-order valence-corrected chi connectivity index (χ0v) is 9.82. The van der Waals surface area contributed by atoms with Gasteiger partial charge in [-0.3, -0.25) is 4.79 Å². The number of esters is 1. The first-order valence-corrected chi connectivity index (χ1v) is 5.07. The van der Waals surface area contributed by atoms with Gasteiger partial charge in [-0.05, 0) is 26.0 Å². The molecule has 0 aromatic heterocycles. The van der Waals surface area contributed by atoms with Crippen LogP contribution in [0.5, 0.6) is 5.75 Å². The summed E-state index contributed by atoms with van der Waals surface area (Å²) in [5, 5.41) is 0. The van der Waals surface area contributed by atoms with Crippen LogP contribution in [0.15, 0.2) is 24.3 Å². The number of carbonyl (C=O) groups excluding carboxylic acids is 1. The average molecular weight is 223 g/mol. The second-order valence-corrected chi connectivity index (χ2v) is 4.21. The summed E-state index contributed by atoms with van der Waals surface area (Å²) in [4.78, 5) is 10.8. The third-order valence-corrected chi connectivity index (χ3v) is 1.86. The standard InChI is InChI=1S/C12H17NO3/c1-9(14)16-12(2,3)8-15-11-6-4-5-10(13)7-11/h4-7H,8,13H2,1-3H3. The fourth-order valence-electron chi connectivity index (χ4n) is 1.28. The van der Waals surface area contributed by atoms with Gasteiger partial charge in [-0.25, -0.2) is 0 Å². The number of anilines is 1. The summed E-state index contributed by atoms with van der Waals surface area (Å²) in [5.41, 5.74) is 5.61. The van der Waals surface area contributed by atoms with Gasteiger partial charge in [0, 0.05) is 18.7 Å². The lowest BCUT2D eigenvalue weighted by atomic mass is 10.1. The van der Waals surface area contributed by atoms with E-state index in [-0.39, 0.29) is 12.6 Å². The van der Waals surface area contributed by atoms with Crippen molar-refractivity contribution < 1.29 is 14.3 Å². The minimum Gasteiger partial charge on any atom is -0.489 e. The van der Waals surface area contributed by atoms with Gasteiger partial charge in [0.25, 0.3) is 0 Å². The Morgan fingerprint density at radius 3 is 2.69 bits per heavy atom. The Kier molecular flexibility index (Phi) is 3.77. The smallest absolute Gasteiger partial charge is 0.303 e. The molecule has 16 heavy (non-hydrogen) atoms. The van der Waals surface area contributed by atoms with Gasteiger partial charge in [-0.2, -0.15) is 0 Å². The molecule has 0 atom stereocenters. The molecule has 0 fully saturated rings. The molecule has 0 aliphatic rings. The second-order valence-electron chi connectivity index (χ2n) is 4.21. The van der Waals surface area contributed by atoms with Gasteiger partial charge in [0.15, 0.2) is 0 Å². The van der Waals surface area contributed by atoms with Crippen LogP contribution in [0.1, 0.15) is 20.8 Å². The molecular weight excluding hydrogens is 206 g/mol. The molecule has 0 saturated heterocycles. The molecule has 1 aromatic carbocycles. The van der Waals surface area contributed by atoms with Crippen molar-refractivity contribution in [1.29, 1.82) is 0 Å². The maximum absolute atomic E-state index is 10.8. The lowest BCUT2D eigenvalue weighted by Crippen LogP contribution is -2.34. The Balaban J connectivity index is 2.54. The van der Waals surface area contributed by atoms with Crippen LogP contribution in [-0.2, 0) is 9.53 Å². The number of nitrogen functional groups attached to an aromatic ring is 1. The fourth-order valence-corrected chi connectivity index (χ4v) is 1.28. The fraction of sp³-hybridized carbons (Fsp3) is 0.417. The molecule has 0 spiro atoms. The molecule has 0 amide bonds. The minimum absolute atomic E-state index is 0.288. The molecule has 2 N–H and O–H groups in total. The third-order valence-electron chi connectivity index (χ3n) is 1.86. The summed E-state index contributed by atoms with van der Waals surface area (Å²) >= 11 is 0. The molecule has 0 aliphatic carbocycles. The average Bonchev–Trinajstić information content (AvgIpc) is 2.13. The predicted octanol–water partition coefficient (Wildman–Crippen LogP) is 1.99. The first-order valence-electron chi connectivity index (χ1n) is 5.07. The molecular formula is C12H17NO3. The quantitative estimate of drug-likeness (QED) is 0.626. The highest BCUT2D eigenvalue weighted by molar-refractivity contribution is 5.66. The van der Waals surface area contributed by atoms with E-state index in [2.05, 4.69) is 0 Å². The van der Waals surface area contributed by atoms with E-state index < -0.39 is 5.60 Å². The molecule has 0 heterocycles. The molecule has 0 bridgehead atoms. The van der Waals surface area contributed by atoms with E-state index in [0.717, 1.165) is 0 Å². The number of hydrogen-bond donors (Lipinski definition) is 1. The number of hydrogen-bond acceptors (Lipinski definition) is 4. The van der Waals surface area contributed by atoms with Crippen LogP contribution in [-0.4, -0.2) is 18.2 Å². The van der Waals surface area contributed by atoms with Crippen LogP contribution >= 0.6 is 0 Å². The summed E-state index contributed by atoms with van der Waals surface area (Å²) in [6.45, 7) is 5.25. The van der Waals surface area contributed by atoms with Crippen LogP contribution in [0.25, 0.3) is 0 Å². The molecule has 0 aliphatic heterocycles. The Morgan fingerprint density at radius 2 is 2.12 bits per heavy atom. The van der Waals surface area contributed by atoms with Gasteiger partial charge >= 0.3 is 5.97 Å². The number of ether oxygens (including phenoxy) is 2. The van der Waals surface area contributed by atoms with E-state index in [1.54, 1.807) is 32.0 Å². The van der Waals surface area contributed by atoms with Crippen molar-refractivity contribution in [3.63, 3.8) is 0 Å². The molecule has 4 heteroatoms. The second kappa shape index (κ2) is 4.88. The van der Waals surface area contributed by atoms with Gasteiger partial charge in [0.1, 0.15) is 18.0 Å². The number of nitrogens with two attached hydrogens (primary N) is 1. The number of rotatable bonds is 4. The predicted molar refractivity (Wildman–Crippen MR) is 62.2 cm³/mol. The largest absolute Gasteiger partial charge is 0.489 e. The molecule has 4 nitrogen and oxygen atoms in total. The number of benzene rings is 1. The van der Waals surface area contributed by atoms with E-state index in [4.69, 9.17) is 15.2 Å². The van der Waals surface area contributed by atoms with Gasteiger partial charge in [0.05, 0.1) is 0 Å². The van der Waals surface area contributed by atoms with Crippen LogP contribution in [0, 0.1) is 0 Å². The zero-order chi connectivity index (χ0) is 12.2. The highest BCUT2D eigenvalue weighted by Crippen LogP contribution is 2.17. The van der Waals surface area contributed by atoms with E-state index in [1.165, 1.54) is 6.92 Å². The maximum Gasteiger partial charge on any atom is 0.303 e. The van der Waals surface area contributed by atoms with Crippen molar-refractivity contribution in [3.8, 4) is 5.75 Å². The maximum atomic E-state index is 10.8. The van der Waals surface area contributed by atoms with E-state index in [1.807, 2.05) is 6.07 Å². The normalized spacial score (nSPS) is 10.9. The van der Waals surface area contributed by atoms with Crippen molar-refractivity contribution in [1.82, 2.24) is 0 Å². The number of carbonyl (C=O) groups is 1. The molecule has 0 saturated carbocycles. The Hall–Kier alpha value is -1.71. The SMILES string of the molecule is CC(=O)OC(C)(C)COc1cccc(N)c1. The summed E-state index contributed by atoms with van der Waals surface area (Å²) < 4.78 is 10.6. The molecule has 1 rings (SSSR count). The molecule has 1 aromatic rings. The van der Waals surface area contributed by atoms with E-state index in [9.17, 15) is 4.79 Å². The van der Waals surface area contributed by atoms with Gasteiger partial charge in [-0.1, -0.05) is 6.07 Å². The molecule has 0 unspecified atom stereocenters. The Bertz CT molecular complexity index is 374. The van der Waals surface area contributed by atoms with Gasteiger partial charge in [0.2, 0.25) is 0 Å². The molecule has 0 radical (unpaired) electrons. The highest BCUT2D eigenvalue weighted by Gasteiger charge is 2.22. The van der Waals surface area contributed by atoms with Gasteiger partial charge in [-0.15, -0.1) is 0 Å². The molecule has 88 valence electrons. The van der Waals surface area contributed by atoms with Gasteiger partial charge < -0.3 is 15.2 Å². The topological polar surface area (TPSA) is 61.5 Å². The lowest BCUT2D eigenvalue weighted by molar-refractivity contribution is -0.156. The van der Waals surface area contributed by atoms with E-state index >= 15 is 0 Å². The van der Waals surface area contributed by atoms with Crippen molar-refractivity contribution in [2.24, 2.45) is 0 Å². The lowest BCUT2D eigenvalue weighted by Gasteiger charge is -2.24. The van der Waals surface area contributed by atoms with Crippen molar-refractivity contribution in [2.45, 2.75) is 26.4 Å². The third kappa shape index (κ3) is 4.21. The first-order chi connectivity index (χ1) is 7.39. The van der Waals surface area contributed by atoms with Crippen LogP contribution in [0.4, 0.5) is 5.69 Å². The summed E-state index contributed by atoms with van der Waals surface area (Å²) in [5.74, 6) is 0.349. The first kappa shape index (κ1) is 12.4. The summed E-state index contributed by atoms with van der Waals surface area (Å²) in [6, 6.07) is 7.12.